The summed E-state index contributed by atoms with van der Waals surface area (Å²) in [4.78, 5) is 30.5. The Morgan fingerprint density at radius 1 is 1.17 bits per heavy atom. The van der Waals surface area contributed by atoms with Crippen LogP contribution in [0.2, 0.25) is 0 Å². The van der Waals surface area contributed by atoms with E-state index in [9.17, 15) is 9.59 Å². The third-order valence-electron chi connectivity index (χ3n) is 4.48. The summed E-state index contributed by atoms with van der Waals surface area (Å²) in [5, 5.41) is 2.82. The first-order valence-corrected chi connectivity index (χ1v) is 8.32. The third kappa shape index (κ3) is 5.30. The summed E-state index contributed by atoms with van der Waals surface area (Å²) in [5.74, 6) is 0.188. The van der Waals surface area contributed by atoms with E-state index in [0.717, 1.165) is 26.2 Å². The van der Waals surface area contributed by atoms with Crippen LogP contribution in [0.15, 0.2) is 12.7 Å². The van der Waals surface area contributed by atoms with E-state index >= 15 is 0 Å². The van der Waals surface area contributed by atoms with Gasteiger partial charge in [-0.15, -0.1) is 6.58 Å². The Morgan fingerprint density at radius 2 is 1.83 bits per heavy atom. The maximum absolute atomic E-state index is 12.4. The Kier molecular flexibility index (Phi) is 7.01. The summed E-state index contributed by atoms with van der Waals surface area (Å²) in [5.41, 5.74) is 0. The lowest BCUT2D eigenvalue weighted by atomic mass is 10.2. The lowest BCUT2D eigenvalue weighted by Gasteiger charge is -2.38. The molecule has 0 bridgehead atoms. The summed E-state index contributed by atoms with van der Waals surface area (Å²) in [6.07, 6.45) is 1.67. The zero-order valence-electron chi connectivity index (χ0n) is 14.0. The number of hydrogen-bond donors (Lipinski definition) is 1. The van der Waals surface area contributed by atoms with Crippen LogP contribution in [-0.2, 0) is 14.3 Å². The molecule has 2 amide bonds. The lowest BCUT2D eigenvalue weighted by Crippen LogP contribution is -2.56. The van der Waals surface area contributed by atoms with E-state index in [0.29, 0.717) is 39.4 Å². The van der Waals surface area contributed by atoms with Crippen molar-refractivity contribution in [1.82, 2.24) is 20.0 Å². The van der Waals surface area contributed by atoms with Crippen molar-refractivity contribution in [3.8, 4) is 0 Å². The highest BCUT2D eigenvalue weighted by molar-refractivity contribution is 5.81. The highest BCUT2D eigenvalue weighted by Crippen LogP contribution is 2.08. The minimum absolute atomic E-state index is 0.0120. The van der Waals surface area contributed by atoms with Crippen LogP contribution in [-0.4, -0.2) is 98.1 Å². The van der Waals surface area contributed by atoms with Crippen molar-refractivity contribution in [3.63, 3.8) is 0 Å². The van der Waals surface area contributed by atoms with Crippen molar-refractivity contribution in [3.05, 3.63) is 12.7 Å². The van der Waals surface area contributed by atoms with E-state index in [-0.39, 0.29) is 17.9 Å². The molecule has 7 nitrogen and oxygen atoms in total. The Labute approximate surface area is 138 Å². The van der Waals surface area contributed by atoms with Crippen molar-refractivity contribution >= 4 is 11.8 Å². The second-order valence-electron chi connectivity index (χ2n) is 6.02. The number of carbonyl (C=O) groups is 2. The van der Waals surface area contributed by atoms with E-state index < -0.39 is 0 Å². The largest absolute Gasteiger partial charge is 0.379 e. The Bertz CT molecular complexity index is 416. The van der Waals surface area contributed by atoms with E-state index in [1.165, 1.54) is 0 Å². The van der Waals surface area contributed by atoms with Gasteiger partial charge in [-0.25, -0.2) is 0 Å². The molecule has 23 heavy (non-hydrogen) atoms. The zero-order chi connectivity index (χ0) is 16.7. The van der Waals surface area contributed by atoms with Gasteiger partial charge in [0.15, 0.2) is 0 Å². The smallest absolute Gasteiger partial charge is 0.237 e. The second-order valence-corrected chi connectivity index (χ2v) is 6.02. The normalized spacial score (nSPS) is 21.7. The second kappa shape index (κ2) is 9.00. The molecule has 1 atom stereocenters. The zero-order valence-corrected chi connectivity index (χ0v) is 14.0. The van der Waals surface area contributed by atoms with E-state index in [1.54, 1.807) is 6.08 Å². The molecule has 0 aromatic heterocycles. The van der Waals surface area contributed by atoms with Gasteiger partial charge in [-0.05, 0) is 6.92 Å². The van der Waals surface area contributed by atoms with Crippen molar-refractivity contribution in [2.24, 2.45) is 0 Å². The summed E-state index contributed by atoms with van der Waals surface area (Å²) in [6.45, 7) is 12.4. The van der Waals surface area contributed by atoms with Gasteiger partial charge in [-0.3, -0.25) is 19.4 Å². The van der Waals surface area contributed by atoms with Crippen LogP contribution in [0.5, 0.6) is 0 Å². The minimum atomic E-state index is -0.175. The molecular formula is C16H28N4O3. The molecule has 0 spiro atoms. The van der Waals surface area contributed by atoms with Crippen LogP contribution in [0.25, 0.3) is 0 Å². The van der Waals surface area contributed by atoms with Crippen LogP contribution < -0.4 is 5.32 Å². The first kappa shape index (κ1) is 17.9. The first-order valence-electron chi connectivity index (χ1n) is 8.32. The average Bonchev–Trinajstić information content (AvgIpc) is 2.60. The Balaban J connectivity index is 1.73. The molecule has 2 saturated heterocycles. The van der Waals surface area contributed by atoms with Gasteiger partial charge in [-0.2, -0.15) is 0 Å². The predicted octanol–water partition coefficient (Wildman–Crippen LogP) is -0.846. The van der Waals surface area contributed by atoms with Gasteiger partial charge in [0.2, 0.25) is 11.8 Å². The molecule has 0 saturated carbocycles. The molecule has 0 aromatic rings. The monoisotopic (exact) mass is 324 g/mol. The summed E-state index contributed by atoms with van der Waals surface area (Å²) >= 11 is 0. The number of nitrogens with one attached hydrogen (secondary N) is 1. The van der Waals surface area contributed by atoms with E-state index in [2.05, 4.69) is 21.7 Å². The van der Waals surface area contributed by atoms with Gasteiger partial charge in [0, 0.05) is 45.8 Å². The molecule has 0 aliphatic carbocycles. The van der Waals surface area contributed by atoms with Gasteiger partial charge in [0.25, 0.3) is 0 Å². The van der Waals surface area contributed by atoms with Crippen molar-refractivity contribution in [1.29, 1.82) is 0 Å². The number of carbonyl (C=O) groups excluding carboxylic acids is 2. The molecule has 0 radical (unpaired) electrons. The highest BCUT2D eigenvalue weighted by Gasteiger charge is 2.28. The van der Waals surface area contributed by atoms with Gasteiger partial charge < -0.3 is 15.0 Å². The third-order valence-corrected chi connectivity index (χ3v) is 4.48. The number of ether oxygens (including phenoxy) is 1. The Morgan fingerprint density at radius 3 is 2.43 bits per heavy atom. The number of amides is 2. The molecule has 0 aromatic carbocycles. The van der Waals surface area contributed by atoms with Gasteiger partial charge >= 0.3 is 0 Å². The molecular weight excluding hydrogens is 296 g/mol. The first-order chi connectivity index (χ1) is 11.1. The fourth-order valence-electron chi connectivity index (χ4n) is 2.90. The number of nitrogens with zero attached hydrogens (tertiary/aromatic N) is 3. The fourth-order valence-corrected chi connectivity index (χ4v) is 2.90. The summed E-state index contributed by atoms with van der Waals surface area (Å²) in [7, 11) is 0. The standard InChI is InChI=1S/C16H28N4O3/c1-3-4-17-16(22)14(2)19-5-7-20(8-6-19)15(21)13-18-9-11-23-12-10-18/h3,14H,1,4-13H2,2H3,(H,17,22). The van der Waals surface area contributed by atoms with Gasteiger partial charge in [0.05, 0.1) is 25.8 Å². The van der Waals surface area contributed by atoms with Crippen molar-refractivity contribution in [2.75, 3.05) is 65.6 Å². The molecule has 1 unspecified atom stereocenters. The number of morpholine rings is 1. The van der Waals surface area contributed by atoms with E-state index in [1.807, 2.05) is 11.8 Å². The maximum Gasteiger partial charge on any atom is 0.237 e. The molecule has 1 N–H and O–H groups in total. The van der Waals surface area contributed by atoms with Crippen LogP contribution in [0, 0.1) is 0 Å². The summed E-state index contributed by atoms with van der Waals surface area (Å²) in [6, 6.07) is -0.175. The SMILES string of the molecule is C=CCNC(=O)C(C)N1CCN(C(=O)CN2CCOCC2)CC1. The van der Waals surface area contributed by atoms with Crippen LogP contribution in [0.4, 0.5) is 0 Å². The average molecular weight is 324 g/mol. The lowest BCUT2D eigenvalue weighted by molar-refractivity contribution is -0.136. The maximum atomic E-state index is 12.4. The molecule has 2 rings (SSSR count). The van der Waals surface area contributed by atoms with E-state index in [4.69, 9.17) is 4.74 Å². The molecule has 2 aliphatic heterocycles. The van der Waals surface area contributed by atoms with Crippen molar-refractivity contribution < 1.29 is 14.3 Å². The Hall–Kier alpha value is -1.44. The number of rotatable bonds is 6. The fraction of sp³-hybridized carbons (Fsp3) is 0.750. The topological polar surface area (TPSA) is 65.1 Å². The minimum Gasteiger partial charge on any atom is -0.379 e. The molecule has 2 aliphatic rings. The summed E-state index contributed by atoms with van der Waals surface area (Å²) < 4.78 is 5.30. The molecule has 2 fully saturated rings. The van der Waals surface area contributed by atoms with Crippen molar-refractivity contribution in [2.45, 2.75) is 13.0 Å². The van der Waals surface area contributed by atoms with Crippen LogP contribution in [0.1, 0.15) is 6.92 Å². The molecule has 2 heterocycles. The number of hydrogen-bond acceptors (Lipinski definition) is 5. The van der Waals surface area contributed by atoms with Crippen LogP contribution >= 0.6 is 0 Å². The molecule has 7 heteroatoms. The molecule has 130 valence electrons. The number of piperazine rings is 1. The quantitative estimate of drug-likeness (QED) is 0.645. The van der Waals surface area contributed by atoms with Crippen LogP contribution in [0.3, 0.4) is 0 Å². The predicted molar refractivity (Wildman–Crippen MR) is 88.1 cm³/mol. The van der Waals surface area contributed by atoms with Gasteiger partial charge in [0.1, 0.15) is 0 Å². The van der Waals surface area contributed by atoms with Gasteiger partial charge in [-0.1, -0.05) is 6.08 Å². The highest BCUT2D eigenvalue weighted by atomic mass is 16.5.